The fourth-order valence-electron chi connectivity index (χ4n) is 2.23. The number of rotatable bonds is 8. The number of hydrogen-bond donors (Lipinski definition) is 2. The summed E-state index contributed by atoms with van der Waals surface area (Å²) in [5, 5.41) is 9.35. The monoisotopic (exact) mass is 481 g/mol. The maximum Gasteiger partial charge on any atom is 0.387 e. The predicted octanol–water partition coefficient (Wildman–Crippen LogP) is 3.57. The maximum absolute atomic E-state index is 12.8. The van der Waals surface area contributed by atoms with E-state index in [0.717, 1.165) is 19.2 Å². The molecule has 0 bridgehead atoms. The Hall–Kier alpha value is -2.60. The van der Waals surface area contributed by atoms with E-state index < -0.39 is 39.6 Å². The third-order valence-electron chi connectivity index (χ3n) is 3.41. The number of anilines is 1. The molecule has 0 unspecified atom stereocenters. The second kappa shape index (κ2) is 8.61. The van der Waals surface area contributed by atoms with E-state index in [9.17, 15) is 27.1 Å². The standard InChI is InChI=1S/C16H14BrF2NO7S/c1-25-11-4-3-8(17)5-14(11)28(23,24)20-10-7-12(26-2)13(27-16(18)19)6-9(10)15(21)22/h3-7,16,20H,1-2H3,(H,21,22). The molecule has 0 amide bonds. The van der Waals surface area contributed by atoms with E-state index in [4.69, 9.17) is 9.47 Å². The predicted molar refractivity (Wildman–Crippen MR) is 98.1 cm³/mol. The number of carboxylic acids is 1. The number of halogens is 3. The zero-order valence-corrected chi connectivity index (χ0v) is 16.8. The van der Waals surface area contributed by atoms with Gasteiger partial charge in [0, 0.05) is 16.6 Å². The first-order valence-corrected chi connectivity index (χ1v) is 9.63. The highest BCUT2D eigenvalue weighted by molar-refractivity contribution is 9.10. The molecule has 0 spiro atoms. The molecule has 0 aliphatic carbocycles. The Morgan fingerprint density at radius 3 is 2.29 bits per heavy atom. The van der Waals surface area contributed by atoms with Gasteiger partial charge in [-0.15, -0.1) is 0 Å². The first-order chi connectivity index (χ1) is 13.1. The Balaban J connectivity index is 2.58. The van der Waals surface area contributed by atoms with Crippen LogP contribution in [0.15, 0.2) is 39.7 Å². The molecule has 152 valence electrons. The highest BCUT2D eigenvalue weighted by atomic mass is 79.9. The van der Waals surface area contributed by atoms with Crippen LogP contribution in [0.3, 0.4) is 0 Å². The number of aromatic carboxylic acids is 1. The lowest BCUT2D eigenvalue weighted by Crippen LogP contribution is -2.17. The quantitative estimate of drug-likeness (QED) is 0.592. The molecule has 0 aromatic heterocycles. The van der Waals surface area contributed by atoms with E-state index in [1.54, 1.807) is 6.07 Å². The smallest absolute Gasteiger partial charge is 0.387 e. The summed E-state index contributed by atoms with van der Waals surface area (Å²) in [5.74, 6) is -2.40. The Bertz CT molecular complexity index is 999. The van der Waals surface area contributed by atoms with Gasteiger partial charge in [-0.1, -0.05) is 15.9 Å². The minimum Gasteiger partial charge on any atom is -0.495 e. The van der Waals surface area contributed by atoms with Crippen LogP contribution in [0.4, 0.5) is 14.5 Å². The summed E-state index contributed by atoms with van der Waals surface area (Å²) < 4.78 is 67.3. The van der Waals surface area contributed by atoms with Crippen molar-refractivity contribution in [1.29, 1.82) is 0 Å². The van der Waals surface area contributed by atoms with Gasteiger partial charge in [0.05, 0.1) is 25.5 Å². The van der Waals surface area contributed by atoms with Gasteiger partial charge >= 0.3 is 12.6 Å². The second-order valence-electron chi connectivity index (χ2n) is 5.13. The van der Waals surface area contributed by atoms with Crippen LogP contribution in [0.2, 0.25) is 0 Å². The third-order valence-corrected chi connectivity index (χ3v) is 5.29. The topological polar surface area (TPSA) is 111 Å². The van der Waals surface area contributed by atoms with Crippen molar-refractivity contribution < 1.29 is 41.3 Å². The van der Waals surface area contributed by atoms with Crippen molar-refractivity contribution in [2.45, 2.75) is 11.5 Å². The molecule has 12 heteroatoms. The molecule has 0 saturated heterocycles. The van der Waals surface area contributed by atoms with E-state index in [0.29, 0.717) is 4.47 Å². The molecule has 0 fully saturated rings. The summed E-state index contributed by atoms with van der Waals surface area (Å²) in [6.07, 6.45) is 0. The van der Waals surface area contributed by atoms with Gasteiger partial charge in [0.15, 0.2) is 11.5 Å². The molecule has 0 radical (unpaired) electrons. The number of hydrogen-bond acceptors (Lipinski definition) is 6. The van der Waals surface area contributed by atoms with Crippen molar-refractivity contribution in [3.8, 4) is 17.2 Å². The summed E-state index contributed by atoms with van der Waals surface area (Å²) in [5.41, 5.74) is -1.03. The van der Waals surface area contributed by atoms with Crippen LogP contribution in [-0.4, -0.2) is 40.3 Å². The molecule has 0 atom stereocenters. The van der Waals surface area contributed by atoms with Gasteiger partial charge in [0.2, 0.25) is 0 Å². The van der Waals surface area contributed by atoms with Crippen molar-refractivity contribution in [2.24, 2.45) is 0 Å². The van der Waals surface area contributed by atoms with Crippen molar-refractivity contribution in [2.75, 3.05) is 18.9 Å². The van der Waals surface area contributed by atoms with Crippen LogP contribution in [0.5, 0.6) is 17.2 Å². The lowest BCUT2D eigenvalue weighted by molar-refractivity contribution is -0.0512. The largest absolute Gasteiger partial charge is 0.495 e. The van der Waals surface area contributed by atoms with Gasteiger partial charge in [-0.05, 0) is 18.2 Å². The van der Waals surface area contributed by atoms with Gasteiger partial charge in [0.1, 0.15) is 10.6 Å². The third kappa shape index (κ3) is 4.81. The Morgan fingerprint density at radius 2 is 1.75 bits per heavy atom. The molecule has 28 heavy (non-hydrogen) atoms. The van der Waals surface area contributed by atoms with Gasteiger partial charge in [-0.3, -0.25) is 4.72 Å². The minimum atomic E-state index is -4.31. The molecule has 2 N–H and O–H groups in total. The van der Waals surface area contributed by atoms with Crippen LogP contribution in [-0.2, 0) is 10.0 Å². The first-order valence-electron chi connectivity index (χ1n) is 7.35. The van der Waals surface area contributed by atoms with Gasteiger partial charge in [-0.2, -0.15) is 8.78 Å². The number of nitrogens with one attached hydrogen (secondary N) is 1. The van der Waals surface area contributed by atoms with Crippen molar-refractivity contribution in [1.82, 2.24) is 0 Å². The molecule has 2 rings (SSSR count). The molecule has 0 saturated carbocycles. The van der Waals surface area contributed by atoms with Crippen LogP contribution in [0, 0.1) is 0 Å². The molecule has 0 aliphatic heterocycles. The average molecular weight is 482 g/mol. The maximum atomic E-state index is 12.8. The van der Waals surface area contributed by atoms with Crippen LogP contribution in [0.1, 0.15) is 10.4 Å². The fourth-order valence-corrected chi connectivity index (χ4v) is 4.01. The summed E-state index contributed by atoms with van der Waals surface area (Å²) in [6.45, 7) is -3.23. The SMILES string of the molecule is COc1cc(NS(=O)(=O)c2cc(Br)ccc2OC)c(C(=O)O)cc1OC(F)F. The van der Waals surface area contributed by atoms with Crippen molar-refractivity contribution in [3.63, 3.8) is 0 Å². The van der Waals surface area contributed by atoms with E-state index in [1.165, 1.54) is 19.2 Å². The molecular formula is C16H14BrF2NO7S. The zero-order valence-electron chi connectivity index (χ0n) is 14.4. The van der Waals surface area contributed by atoms with E-state index in [1.807, 2.05) is 0 Å². The molecule has 2 aromatic carbocycles. The first kappa shape index (κ1) is 21.7. The van der Waals surface area contributed by atoms with E-state index in [2.05, 4.69) is 25.4 Å². The summed E-state index contributed by atoms with van der Waals surface area (Å²) in [6, 6.07) is 5.89. The highest BCUT2D eigenvalue weighted by Crippen LogP contribution is 2.36. The van der Waals surface area contributed by atoms with Crippen molar-refractivity contribution in [3.05, 3.63) is 40.4 Å². The molecular weight excluding hydrogens is 468 g/mol. The molecule has 0 aliphatic rings. The molecule has 2 aromatic rings. The summed E-state index contributed by atoms with van der Waals surface area (Å²) >= 11 is 3.15. The highest BCUT2D eigenvalue weighted by Gasteiger charge is 2.25. The van der Waals surface area contributed by atoms with E-state index in [-0.39, 0.29) is 16.4 Å². The van der Waals surface area contributed by atoms with Crippen LogP contribution >= 0.6 is 15.9 Å². The van der Waals surface area contributed by atoms with E-state index >= 15 is 0 Å². The zero-order chi connectivity index (χ0) is 21.1. The summed E-state index contributed by atoms with van der Waals surface area (Å²) in [4.78, 5) is 11.2. The number of methoxy groups -OCH3 is 2. The van der Waals surface area contributed by atoms with Gasteiger partial charge in [-0.25, -0.2) is 13.2 Å². The fraction of sp³-hybridized carbons (Fsp3) is 0.188. The normalized spacial score (nSPS) is 11.2. The summed E-state index contributed by atoms with van der Waals surface area (Å²) in [7, 11) is -1.91. The molecule has 8 nitrogen and oxygen atoms in total. The van der Waals surface area contributed by atoms with Gasteiger partial charge < -0.3 is 19.3 Å². The minimum absolute atomic E-state index is 0.0113. The Kier molecular flexibility index (Phi) is 6.67. The number of benzene rings is 2. The number of carbonyl (C=O) groups is 1. The number of sulfonamides is 1. The second-order valence-corrected chi connectivity index (χ2v) is 7.70. The van der Waals surface area contributed by atoms with Crippen molar-refractivity contribution >= 4 is 37.6 Å². The molecule has 0 heterocycles. The lowest BCUT2D eigenvalue weighted by Gasteiger charge is -2.16. The average Bonchev–Trinajstić information content (AvgIpc) is 2.61. The number of carboxylic acid groups (broad SMARTS) is 1. The number of ether oxygens (including phenoxy) is 3. The Labute approximate surface area is 167 Å². The Morgan fingerprint density at radius 1 is 1.11 bits per heavy atom. The lowest BCUT2D eigenvalue weighted by atomic mass is 10.1. The van der Waals surface area contributed by atoms with Crippen LogP contribution < -0.4 is 18.9 Å². The van der Waals surface area contributed by atoms with Gasteiger partial charge in [0.25, 0.3) is 10.0 Å². The van der Waals surface area contributed by atoms with Crippen LogP contribution in [0.25, 0.3) is 0 Å². The number of alkyl halides is 2.